The smallest absolute Gasteiger partial charge is 0.316 e. The Bertz CT molecular complexity index is 1050. The first-order valence-electron chi connectivity index (χ1n) is 8.37. The maximum atomic E-state index is 13.3. The number of methoxy groups -OCH3 is 1. The average molecular weight is 442 g/mol. The highest BCUT2D eigenvalue weighted by Crippen LogP contribution is 2.38. The quantitative estimate of drug-likeness (QED) is 0.533. The summed E-state index contributed by atoms with van der Waals surface area (Å²) in [5.74, 6) is -2.40. The first kappa shape index (κ1) is 20.6. The van der Waals surface area contributed by atoms with E-state index in [0.717, 1.165) is 9.87 Å². The van der Waals surface area contributed by atoms with E-state index in [1.54, 1.807) is 12.1 Å². The predicted molar refractivity (Wildman–Crippen MR) is 107 cm³/mol. The van der Waals surface area contributed by atoms with Crippen LogP contribution in [0, 0.1) is 12.8 Å². The number of esters is 1. The van der Waals surface area contributed by atoms with Gasteiger partial charge in [-0.2, -0.15) is 0 Å². The Morgan fingerprint density at radius 1 is 1.14 bits per heavy atom. The van der Waals surface area contributed by atoms with E-state index in [1.165, 1.54) is 31.4 Å². The number of benzene rings is 2. The molecule has 0 spiro atoms. The summed E-state index contributed by atoms with van der Waals surface area (Å²) in [6, 6.07) is 8.98. The van der Waals surface area contributed by atoms with E-state index in [0.29, 0.717) is 0 Å². The monoisotopic (exact) mass is 441 g/mol. The number of halogens is 2. The fourth-order valence-electron chi connectivity index (χ4n) is 3.08. The summed E-state index contributed by atoms with van der Waals surface area (Å²) in [6.07, 6.45) is -0.0273. The molecule has 0 N–H and O–H groups in total. The van der Waals surface area contributed by atoms with Crippen molar-refractivity contribution in [3.05, 3.63) is 57.6 Å². The summed E-state index contributed by atoms with van der Waals surface area (Å²) in [5.41, 5.74) is 1.01. The van der Waals surface area contributed by atoms with E-state index in [9.17, 15) is 18.0 Å². The molecule has 1 unspecified atom stereocenters. The second-order valence-corrected chi connectivity index (χ2v) is 9.08. The van der Waals surface area contributed by atoms with Gasteiger partial charge >= 0.3 is 5.97 Å². The van der Waals surface area contributed by atoms with Crippen molar-refractivity contribution in [1.82, 2.24) is 0 Å². The lowest BCUT2D eigenvalue weighted by Crippen LogP contribution is -2.33. The van der Waals surface area contributed by atoms with Crippen LogP contribution in [0.4, 0.5) is 5.69 Å². The fraction of sp³-hybridized carbons (Fsp3) is 0.263. The van der Waals surface area contributed by atoms with Crippen molar-refractivity contribution in [1.29, 1.82) is 0 Å². The number of anilines is 1. The number of carbonyl (C=O) groups is 2. The Hall–Kier alpha value is -2.09. The lowest BCUT2D eigenvalue weighted by molar-refractivity contribution is -0.143. The van der Waals surface area contributed by atoms with Crippen molar-refractivity contribution in [3.63, 3.8) is 0 Å². The molecule has 0 aliphatic carbocycles. The number of nitrogens with zero attached hydrogens (tertiary/aromatic N) is 1. The molecule has 0 saturated carbocycles. The van der Waals surface area contributed by atoms with E-state index in [4.69, 9.17) is 27.9 Å². The van der Waals surface area contributed by atoms with E-state index < -0.39 is 27.7 Å². The lowest BCUT2D eigenvalue weighted by atomic mass is 9.95. The Labute approximate surface area is 173 Å². The van der Waals surface area contributed by atoms with Gasteiger partial charge in [0.25, 0.3) is 10.0 Å². The number of aryl methyl sites for hydroxylation is 1. The van der Waals surface area contributed by atoms with E-state index in [-0.39, 0.29) is 39.2 Å². The van der Waals surface area contributed by atoms with Crippen molar-refractivity contribution >= 4 is 50.7 Å². The fourth-order valence-corrected chi connectivity index (χ4v) is 4.89. The van der Waals surface area contributed by atoms with Crippen molar-refractivity contribution in [2.45, 2.75) is 18.2 Å². The van der Waals surface area contributed by atoms with Gasteiger partial charge < -0.3 is 4.74 Å². The molecule has 0 amide bonds. The summed E-state index contributed by atoms with van der Waals surface area (Å²) in [6.45, 7) is 1.76. The number of hydrogen-bond donors (Lipinski definition) is 0. The van der Waals surface area contributed by atoms with Crippen molar-refractivity contribution in [2.24, 2.45) is 5.92 Å². The molecular weight excluding hydrogens is 425 g/mol. The molecule has 9 heteroatoms. The van der Waals surface area contributed by atoms with Crippen LogP contribution < -0.4 is 4.31 Å². The number of fused-ring (bicyclic) bond motifs is 1. The number of sulfonamides is 1. The molecule has 0 saturated heterocycles. The third kappa shape index (κ3) is 3.62. The number of rotatable bonds is 3. The topological polar surface area (TPSA) is 80.8 Å². The third-order valence-corrected chi connectivity index (χ3v) is 7.15. The molecule has 1 aliphatic rings. The minimum Gasteiger partial charge on any atom is -0.468 e. The zero-order valence-corrected chi connectivity index (χ0v) is 17.4. The molecule has 28 heavy (non-hydrogen) atoms. The van der Waals surface area contributed by atoms with E-state index >= 15 is 0 Å². The highest BCUT2D eigenvalue weighted by molar-refractivity contribution is 7.92. The summed E-state index contributed by atoms with van der Waals surface area (Å²) < 4.78 is 32.4. The van der Waals surface area contributed by atoms with Crippen LogP contribution in [0.1, 0.15) is 22.3 Å². The standard InChI is InChI=1S/C19H17Cl2NO5S/c1-11-3-5-12(6-4-11)28(25,26)22-8-7-13(19(24)27-2)18(23)14-9-15(20)16(21)10-17(14)22/h3-6,9-10,13H,7-8H2,1-2H3. The first-order chi connectivity index (χ1) is 13.2. The van der Waals surface area contributed by atoms with Crippen LogP contribution in [0.25, 0.3) is 0 Å². The molecule has 2 aromatic carbocycles. The number of ether oxygens (including phenoxy) is 1. The second-order valence-electron chi connectivity index (χ2n) is 6.40. The van der Waals surface area contributed by atoms with Gasteiger partial charge in [0.1, 0.15) is 5.92 Å². The van der Waals surface area contributed by atoms with Crippen LogP contribution in [-0.2, 0) is 19.6 Å². The molecule has 3 rings (SSSR count). The highest BCUT2D eigenvalue weighted by atomic mass is 35.5. The SMILES string of the molecule is COC(=O)C1CCN(S(=O)(=O)c2ccc(C)cc2)c2cc(Cl)c(Cl)cc2C1=O. The molecule has 6 nitrogen and oxygen atoms in total. The molecule has 0 fully saturated rings. The normalized spacial score (nSPS) is 17.1. The van der Waals surface area contributed by atoms with Gasteiger partial charge in [0.05, 0.1) is 27.7 Å². The predicted octanol–water partition coefficient (Wildman–Crippen LogP) is 3.87. The molecule has 0 aromatic heterocycles. The highest BCUT2D eigenvalue weighted by Gasteiger charge is 2.38. The molecule has 0 radical (unpaired) electrons. The Kier molecular flexibility index (Phi) is 5.70. The van der Waals surface area contributed by atoms with Crippen molar-refractivity contribution < 1.29 is 22.7 Å². The summed E-state index contributed by atoms with van der Waals surface area (Å²) in [4.78, 5) is 25.1. The maximum Gasteiger partial charge on any atom is 0.316 e. The summed E-state index contributed by atoms with van der Waals surface area (Å²) in [7, 11) is -2.82. The summed E-state index contributed by atoms with van der Waals surface area (Å²) in [5, 5.41) is 0.195. The van der Waals surface area contributed by atoms with E-state index in [1.807, 2.05) is 6.92 Å². The average Bonchev–Trinajstić information content (AvgIpc) is 2.79. The van der Waals surface area contributed by atoms with Gasteiger partial charge in [-0.1, -0.05) is 40.9 Å². The Balaban J connectivity index is 2.19. The molecule has 1 atom stereocenters. The van der Waals surface area contributed by atoms with Crippen LogP contribution in [0.5, 0.6) is 0 Å². The Morgan fingerprint density at radius 2 is 1.75 bits per heavy atom. The number of Topliss-reactive ketones (excluding diaryl/α,β-unsaturated/α-hetero) is 1. The minimum atomic E-state index is -4.00. The zero-order valence-electron chi connectivity index (χ0n) is 15.1. The maximum absolute atomic E-state index is 13.3. The van der Waals surface area contributed by atoms with Crippen LogP contribution in [-0.4, -0.2) is 33.8 Å². The van der Waals surface area contributed by atoms with Crippen LogP contribution in [0.2, 0.25) is 10.0 Å². The third-order valence-electron chi connectivity index (χ3n) is 4.60. The summed E-state index contributed by atoms with van der Waals surface area (Å²) >= 11 is 12.2. The second kappa shape index (κ2) is 7.73. The number of carbonyl (C=O) groups excluding carboxylic acids is 2. The zero-order chi connectivity index (χ0) is 20.6. The van der Waals surface area contributed by atoms with Gasteiger partial charge in [-0.25, -0.2) is 8.42 Å². The largest absolute Gasteiger partial charge is 0.468 e. The van der Waals surface area contributed by atoms with Crippen LogP contribution >= 0.6 is 23.2 Å². The van der Waals surface area contributed by atoms with Crippen molar-refractivity contribution in [2.75, 3.05) is 18.0 Å². The molecule has 0 bridgehead atoms. The molecule has 1 aliphatic heterocycles. The van der Waals surface area contributed by atoms with E-state index in [2.05, 4.69) is 0 Å². The molecule has 148 valence electrons. The molecule has 1 heterocycles. The van der Waals surface area contributed by atoms with Crippen molar-refractivity contribution in [3.8, 4) is 0 Å². The van der Waals surface area contributed by atoms with Gasteiger partial charge in [0, 0.05) is 12.1 Å². The first-order valence-corrected chi connectivity index (χ1v) is 10.6. The van der Waals surface area contributed by atoms with Gasteiger partial charge in [0.2, 0.25) is 0 Å². The molecule has 2 aromatic rings. The Morgan fingerprint density at radius 3 is 2.36 bits per heavy atom. The van der Waals surface area contributed by atoms with Gasteiger partial charge in [-0.3, -0.25) is 13.9 Å². The number of hydrogen-bond acceptors (Lipinski definition) is 5. The lowest BCUT2D eigenvalue weighted by Gasteiger charge is -2.24. The minimum absolute atomic E-state index is 0.0120. The van der Waals surface area contributed by atoms with Gasteiger partial charge in [-0.05, 0) is 37.6 Å². The van der Waals surface area contributed by atoms with Gasteiger partial charge in [-0.15, -0.1) is 0 Å². The van der Waals surface area contributed by atoms with Crippen LogP contribution in [0.15, 0.2) is 41.3 Å². The van der Waals surface area contributed by atoms with Crippen LogP contribution in [0.3, 0.4) is 0 Å². The number of ketones is 1. The van der Waals surface area contributed by atoms with Gasteiger partial charge in [0.15, 0.2) is 5.78 Å². The molecular formula is C19H17Cl2NO5S.